The van der Waals surface area contributed by atoms with Crippen molar-refractivity contribution in [3.8, 4) is 0 Å². The highest BCUT2D eigenvalue weighted by Gasteiger charge is 2.15. The predicted molar refractivity (Wildman–Crippen MR) is 91.0 cm³/mol. The molecule has 0 bridgehead atoms. The molecule has 0 unspecified atom stereocenters. The Morgan fingerprint density at radius 1 is 1.41 bits per heavy atom. The molecule has 0 amide bonds. The number of hydrogen-bond acceptors (Lipinski definition) is 4. The van der Waals surface area contributed by atoms with E-state index in [1.54, 1.807) is 6.33 Å². The van der Waals surface area contributed by atoms with Gasteiger partial charge < -0.3 is 15.0 Å². The topological polar surface area (TPSA) is 70.1 Å². The van der Waals surface area contributed by atoms with Crippen molar-refractivity contribution in [1.29, 1.82) is 0 Å². The first kappa shape index (κ1) is 20.7. The molecular formula is C14H18Cl3N3O2. The lowest BCUT2D eigenvalue weighted by Gasteiger charge is -2.06. The Morgan fingerprint density at radius 3 is 2.73 bits per heavy atom. The van der Waals surface area contributed by atoms with Gasteiger partial charge in [-0.25, -0.2) is 4.98 Å². The highest BCUT2D eigenvalue weighted by Crippen LogP contribution is 2.16. The summed E-state index contributed by atoms with van der Waals surface area (Å²) in [4.78, 5) is 15.5. The largest absolute Gasteiger partial charge is 0.468 e. The number of methoxy groups -OCH3 is 1. The number of hydrogen-bond donors (Lipinski definition) is 1. The Hall–Kier alpha value is -1.27. The van der Waals surface area contributed by atoms with Crippen molar-refractivity contribution in [2.24, 2.45) is 5.73 Å². The zero-order valence-electron chi connectivity index (χ0n) is 11.9. The second-order valence-electron chi connectivity index (χ2n) is 4.46. The third-order valence-electron chi connectivity index (χ3n) is 2.93. The van der Waals surface area contributed by atoms with Gasteiger partial charge in [-0.3, -0.25) is 4.79 Å². The monoisotopic (exact) mass is 365 g/mol. The maximum atomic E-state index is 11.3. The van der Waals surface area contributed by atoms with Gasteiger partial charge in [-0.05, 0) is 11.6 Å². The zero-order chi connectivity index (χ0) is 14.5. The quantitative estimate of drug-likeness (QED) is 0.825. The summed E-state index contributed by atoms with van der Waals surface area (Å²) >= 11 is 6.11. The number of esters is 1. The minimum atomic E-state index is -0.691. The molecule has 2 rings (SSSR count). The Bertz CT molecular complexity index is 605. The van der Waals surface area contributed by atoms with Gasteiger partial charge in [0.05, 0.1) is 19.1 Å². The van der Waals surface area contributed by atoms with Crippen LogP contribution in [0, 0.1) is 0 Å². The number of imidazole rings is 1. The van der Waals surface area contributed by atoms with Gasteiger partial charge in [-0.15, -0.1) is 24.8 Å². The van der Waals surface area contributed by atoms with E-state index in [1.165, 1.54) is 7.11 Å². The van der Waals surface area contributed by atoms with Crippen LogP contribution in [0.15, 0.2) is 36.8 Å². The maximum absolute atomic E-state index is 11.3. The fourth-order valence-corrected chi connectivity index (χ4v) is 2.08. The van der Waals surface area contributed by atoms with Crippen LogP contribution in [-0.2, 0) is 22.5 Å². The van der Waals surface area contributed by atoms with Crippen LogP contribution in [-0.4, -0.2) is 28.7 Å². The van der Waals surface area contributed by atoms with Gasteiger partial charge in [0.25, 0.3) is 0 Å². The normalized spacial score (nSPS) is 11.0. The number of carbonyl (C=O) groups is 1. The molecule has 1 aromatic heterocycles. The molecule has 22 heavy (non-hydrogen) atoms. The second kappa shape index (κ2) is 9.69. The summed E-state index contributed by atoms with van der Waals surface area (Å²) in [6, 6.07) is 6.94. The molecule has 1 aromatic carbocycles. The third-order valence-corrected chi connectivity index (χ3v) is 3.30. The van der Waals surface area contributed by atoms with Crippen LogP contribution >= 0.6 is 36.4 Å². The molecule has 0 aliphatic heterocycles. The highest BCUT2D eigenvalue weighted by molar-refractivity contribution is 6.31. The van der Waals surface area contributed by atoms with Crippen molar-refractivity contribution in [2.45, 2.75) is 19.0 Å². The minimum Gasteiger partial charge on any atom is -0.468 e. The van der Waals surface area contributed by atoms with Crippen molar-refractivity contribution in [1.82, 2.24) is 9.55 Å². The van der Waals surface area contributed by atoms with Crippen LogP contribution in [0.2, 0.25) is 5.02 Å². The summed E-state index contributed by atoms with van der Waals surface area (Å²) in [5.41, 5.74) is 7.46. The Kier molecular flexibility index (Phi) is 9.13. The zero-order valence-corrected chi connectivity index (χ0v) is 14.3. The second-order valence-corrected chi connectivity index (χ2v) is 4.87. The average molecular weight is 367 g/mol. The van der Waals surface area contributed by atoms with Crippen molar-refractivity contribution in [2.75, 3.05) is 7.11 Å². The van der Waals surface area contributed by atoms with Gasteiger partial charge >= 0.3 is 5.97 Å². The van der Waals surface area contributed by atoms with E-state index in [4.69, 9.17) is 17.3 Å². The standard InChI is InChI=1S/C14H16ClN3O2.2ClH/c1-20-14(19)13(16)6-11-8-18(9-17-11)7-10-4-2-3-5-12(10)15;;/h2-5,8-9,13H,6-7,16H2,1H3;2*1H/t13-;;/m0../s1. The van der Waals surface area contributed by atoms with E-state index in [9.17, 15) is 4.79 Å². The molecule has 2 N–H and O–H groups in total. The number of carbonyl (C=O) groups excluding carboxylic acids is 1. The number of halogens is 3. The Morgan fingerprint density at radius 2 is 2.09 bits per heavy atom. The molecule has 0 aliphatic rings. The molecule has 1 heterocycles. The summed E-state index contributed by atoms with van der Waals surface area (Å²) in [5, 5.41) is 0.717. The maximum Gasteiger partial charge on any atom is 0.323 e. The van der Waals surface area contributed by atoms with Crippen LogP contribution < -0.4 is 5.73 Å². The molecule has 5 nitrogen and oxygen atoms in total. The van der Waals surface area contributed by atoms with Gasteiger partial charge in [0.15, 0.2) is 0 Å². The van der Waals surface area contributed by atoms with Gasteiger partial charge in [-0.2, -0.15) is 0 Å². The predicted octanol–water partition coefficient (Wildman–Crippen LogP) is 2.47. The lowest BCUT2D eigenvalue weighted by atomic mass is 10.2. The number of ether oxygens (including phenoxy) is 1. The molecule has 0 spiro atoms. The average Bonchev–Trinajstić information content (AvgIpc) is 2.87. The van der Waals surface area contributed by atoms with Gasteiger partial charge in [0.2, 0.25) is 0 Å². The molecule has 122 valence electrons. The fraction of sp³-hybridized carbons (Fsp3) is 0.286. The van der Waals surface area contributed by atoms with Crippen LogP contribution in [0.5, 0.6) is 0 Å². The summed E-state index contributed by atoms with van der Waals surface area (Å²) in [6.07, 6.45) is 3.90. The third kappa shape index (κ3) is 5.50. The lowest BCUT2D eigenvalue weighted by Crippen LogP contribution is -2.33. The number of nitrogens with zero attached hydrogens (tertiary/aromatic N) is 2. The minimum absolute atomic E-state index is 0. The Labute approximate surface area is 146 Å². The Balaban J connectivity index is 0.00000220. The first-order valence-corrected chi connectivity index (χ1v) is 6.55. The molecule has 0 fully saturated rings. The van der Waals surface area contributed by atoms with Crippen LogP contribution in [0.25, 0.3) is 0 Å². The number of nitrogens with two attached hydrogens (primary N) is 1. The van der Waals surface area contributed by atoms with E-state index in [2.05, 4.69) is 9.72 Å². The van der Waals surface area contributed by atoms with E-state index >= 15 is 0 Å². The van der Waals surface area contributed by atoms with Gasteiger partial charge in [-0.1, -0.05) is 29.8 Å². The van der Waals surface area contributed by atoms with Crippen LogP contribution in [0.3, 0.4) is 0 Å². The van der Waals surface area contributed by atoms with Crippen LogP contribution in [0.4, 0.5) is 0 Å². The molecule has 0 saturated carbocycles. The first-order valence-electron chi connectivity index (χ1n) is 6.17. The number of aromatic nitrogens is 2. The van der Waals surface area contributed by atoms with Crippen LogP contribution in [0.1, 0.15) is 11.3 Å². The lowest BCUT2D eigenvalue weighted by molar-refractivity contribution is -0.142. The summed E-state index contributed by atoms with van der Waals surface area (Å²) in [5.74, 6) is -0.439. The number of rotatable bonds is 5. The SMILES string of the molecule is COC(=O)[C@@H](N)Cc1cn(Cc2ccccc2Cl)cn1.Cl.Cl. The van der Waals surface area contributed by atoms with Gasteiger partial charge in [0, 0.05) is 24.2 Å². The number of benzene rings is 1. The highest BCUT2D eigenvalue weighted by atomic mass is 35.5. The molecule has 0 saturated heterocycles. The van der Waals surface area contributed by atoms with Crippen molar-refractivity contribution < 1.29 is 9.53 Å². The van der Waals surface area contributed by atoms with E-state index in [0.717, 1.165) is 11.3 Å². The molecule has 0 aliphatic carbocycles. The molecule has 0 radical (unpaired) electrons. The summed E-state index contributed by atoms with van der Waals surface area (Å²) < 4.78 is 6.49. The summed E-state index contributed by atoms with van der Waals surface area (Å²) in [6.45, 7) is 0.625. The van der Waals surface area contributed by atoms with Crippen molar-refractivity contribution >= 4 is 42.4 Å². The van der Waals surface area contributed by atoms with E-state index in [1.807, 2.05) is 35.0 Å². The van der Waals surface area contributed by atoms with Crippen molar-refractivity contribution in [3.05, 3.63) is 53.1 Å². The molecule has 8 heteroatoms. The smallest absolute Gasteiger partial charge is 0.323 e. The van der Waals surface area contributed by atoms with Gasteiger partial charge in [0.1, 0.15) is 6.04 Å². The first-order chi connectivity index (χ1) is 9.60. The van der Waals surface area contributed by atoms with Crippen molar-refractivity contribution in [3.63, 3.8) is 0 Å². The summed E-state index contributed by atoms with van der Waals surface area (Å²) in [7, 11) is 1.32. The van der Waals surface area contributed by atoms with E-state index in [0.29, 0.717) is 18.0 Å². The van der Waals surface area contributed by atoms with E-state index in [-0.39, 0.29) is 24.8 Å². The fourth-order valence-electron chi connectivity index (χ4n) is 1.88. The molecular weight excluding hydrogens is 349 g/mol. The molecule has 1 atom stereocenters. The van der Waals surface area contributed by atoms with E-state index < -0.39 is 12.0 Å². The molecule has 2 aromatic rings.